The zero-order valence-electron chi connectivity index (χ0n) is 11.9. The van der Waals surface area contributed by atoms with Gasteiger partial charge in [-0.15, -0.1) is 0 Å². The Hall–Kier alpha value is -0.330. The summed E-state index contributed by atoms with van der Waals surface area (Å²) in [5.41, 5.74) is 5.38. The van der Waals surface area contributed by atoms with Crippen molar-refractivity contribution in [2.45, 2.75) is 25.7 Å². The van der Waals surface area contributed by atoms with E-state index in [0.29, 0.717) is 29.7 Å². The average Bonchev–Trinajstić information content (AvgIpc) is 2.34. The van der Waals surface area contributed by atoms with Crippen molar-refractivity contribution in [3.8, 4) is 0 Å². The lowest BCUT2D eigenvalue weighted by Crippen LogP contribution is -2.41. The number of nitrogens with two attached hydrogens (primary N) is 1. The summed E-state index contributed by atoms with van der Waals surface area (Å²) in [6.45, 7) is 6.74. The molecule has 0 saturated heterocycles. The van der Waals surface area contributed by atoms with Crippen molar-refractivity contribution in [2.24, 2.45) is 11.1 Å². The van der Waals surface area contributed by atoms with Crippen LogP contribution in [-0.4, -0.2) is 32.4 Å². The van der Waals surface area contributed by atoms with E-state index in [0.717, 1.165) is 0 Å². The number of halogens is 2. The molecule has 0 aliphatic carbocycles. The molecule has 0 aromatic heterocycles. The van der Waals surface area contributed by atoms with Gasteiger partial charge in [0.05, 0.1) is 4.90 Å². The van der Waals surface area contributed by atoms with E-state index in [9.17, 15) is 8.42 Å². The van der Waals surface area contributed by atoms with E-state index in [4.69, 9.17) is 28.9 Å². The number of rotatable bonds is 6. The number of sulfonamides is 1. The second-order valence-corrected chi connectivity index (χ2v) is 8.22. The Morgan fingerprint density at radius 1 is 1.20 bits per heavy atom. The lowest BCUT2D eigenvalue weighted by molar-refractivity contribution is 0.273. The van der Waals surface area contributed by atoms with Gasteiger partial charge < -0.3 is 5.73 Å². The molecule has 1 aromatic carbocycles. The van der Waals surface area contributed by atoms with E-state index in [1.165, 1.54) is 22.5 Å². The van der Waals surface area contributed by atoms with Gasteiger partial charge in [-0.2, -0.15) is 4.31 Å². The Morgan fingerprint density at radius 2 is 1.70 bits per heavy atom. The maximum Gasteiger partial charge on any atom is 0.243 e. The lowest BCUT2D eigenvalue weighted by atomic mass is 9.94. The van der Waals surface area contributed by atoms with Crippen LogP contribution in [0, 0.1) is 5.41 Å². The third kappa shape index (κ3) is 4.33. The van der Waals surface area contributed by atoms with E-state index in [-0.39, 0.29) is 10.3 Å². The largest absolute Gasteiger partial charge is 0.330 e. The molecular formula is C13H20Cl2N2O2S. The maximum atomic E-state index is 12.6. The van der Waals surface area contributed by atoms with E-state index >= 15 is 0 Å². The fourth-order valence-electron chi connectivity index (χ4n) is 1.74. The fourth-order valence-corrected chi connectivity index (χ4v) is 4.10. The predicted octanol–water partition coefficient (Wildman–Crippen LogP) is 2.99. The van der Waals surface area contributed by atoms with E-state index in [1.54, 1.807) is 6.92 Å². The first-order valence-corrected chi connectivity index (χ1v) is 8.48. The molecule has 0 fully saturated rings. The summed E-state index contributed by atoms with van der Waals surface area (Å²) in [4.78, 5) is 0.102. The highest BCUT2D eigenvalue weighted by Crippen LogP contribution is 2.26. The van der Waals surface area contributed by atoms with Crippen molar-refractivity contribution in [3.05, 3.63) is 28.2 Å². The number of hydrogen-bond acceptors (Lipinski definition) is 3. The van der Waals surface area contributed by atoms with Gasteiger partial charge in [-0.1, -0.05) is 44.0 Å². The molecule has 0 radical (unpaired) electrons. The molecule has 1 rings (SSSR count). The van der Waals surface area contributed by atoms with Gasteiger partial charge in [-0.25, -0.2) is 8.42 Å². The molecule has 0 aliphatic heterocycles. The summed E-state index contributed by atoms with van der Waals surface area (Å²) >= 11 is 11.8. The Kier molecular flexibility index (Phi) is 5.87. The minimum absolute atomic E-state index is 0.102. The summed E-state index contributed by atoms with van der Waals surface area (Å²) in [5, 5.41) is 0.593. The summed E-state index contributed by atoms with van der Waals surface area (Å²) in [6, 6.07) is 4.31. The topological polar surface area (TPSA) is 63.4 Å². The first kappa shape index (κ1) is 17.7. The van der Waals surface area contributed by atoms with Gasteiger partial charge in [0.25, 0.3) is 0 Å². The van der Waals surface area contributed by atoms with Gasteiger partial charge in [0.2, 0.25) is 10.0 Å². The number of hydrogen-bond donors (Lipinski definition) is 1. The zero-order valence-corrected chi connectivity index (χ0v) is 14.2. The predicted molar refractivity (Wildman–Crippen MR) is 83.7 cm³/mol. The Bertz CT molecular complexity index is 553. The quantitative estimate of drug-likeness (QED) is 0.867. The van der Waals surface area contributed by atoms with Crippen LogP contribution < -0.4 is 5.73 Å². The molecule has 7 heteroatoms. The lowest BCUT2D eigenvalue weighted by Gasteiger charge is -2.30. The first-order chi connectivity index (χ1) is 9.12. The van der Waals surface area contributed by atoms with Crippen molar-refractivity contribution in [2.75, 3.05) is 19.6 Å². The van der Waals surface area contributed by atoms with Crippen LogP contribution in [0.15, 0.2) is 23.1 Å². The fraction of sp³-hybridized carbons (Fsp3) is 0.538. The molecule has 0 unspecified atom stereocenters. The average molecular weight is 339 g/mol. The summed E-state index contributed by atoms with van der Waals surface area (Å²) in [5.74, 6) is 0. The Morgan fingerprint density at radius 3 is 2.10 bits per heavy atom. The molecule has 1 aromatic rings. The van der Waals surface area contributed by atoms with Crippen LogP contribution in [0.4, 0.5) is 0 Å². The minimum atomic E-state index is -3.63. The highest BCUT2D eigenvalue weighted by atomic mass is 35.5. The van der Waals surface area contributed by atoms with Gasteiger partial charge in [-0.05, 0) is 30.2 Å². The van der Waals surface area contributed by atoms with E-state index in [2.05, 4.69) is 0 Å². The van der Waals surface area contributed by atoms with Crippen LogP contribution in [-0.2, 0) is 10.0 Å². The van der Waals surface area contributed by atoms with Crippen LogP contribution in [0.5, 0.6) is 0 Å². The minimum Gasteiger partial charge on any atom is -0.330 e. The molecule has 0 spiro atoms. The van der Waals surface area contributed by atoms with Crippen LogP contribution in [0.3, 0.4) is 0 Å². The van der Waals surface area contributed by atoms with Gasteiger partial charge >= 0.3 is 0 Å². The van der Waals surface area contributed by atoms with E-state index in [1.807, 2.05) is 13.8 Å². The van der Waals surface area contributed by atoms with Crippen molar-refractivity contribution in [3.63, 3.8) is 0 Å². The van der Waals surface area contributed by atoms with Gasteiger partial charge in [0.15, 0.2) is 0 Å². The smallest absolute Gasteiger partial charge is 0.243 e. The molecule has 0 saturated carbocycles. The first-order valence-electron chi connectivity index (χ1n) is 6.28. The molecular weight excluding hydrogens is 319 g/mol. The Balaban J connectivity index is 3.18. The van der Waals surface area contributed by atoms with Gasteiger partial charge in [0, 0.05) is 23.1 Å². The SMILES string of the molecule is CCN(CC(C)(C)CN)S(=O)(=O)c1cc(Cl)cc(Cl)c1. The monoisotopic (exact) mass is 338 g/mol. The highest BCUT2D eigenvalue weighted by molar-refractivity contribution is 7.89. The second kappa shape index (κ2) is 6.62. The normalized spacial score (nSPS) is 12.9. The summed E-state index contributed by atoms with van der Waals surface area (Å²) in [7, 11) is -3.63. The molecule has 114 valence electrons. The standard InChI is InChI=1S/C13H20Cl2N2O2S/c1-4-17(9-13(2,3)8-16)20(18,19)12-6-10(14)5-11(15)7-12/h5-7H,4,8-9,16H2,1-3H3. The Labute approximate surface area is 130 Å². The number of benzene rings is 1. The molecule has 0 aliphatic rings. The van der Waals surface area contributed by atoms with Crippen LogP contribution in [0.25, 0.3) is 0 Å². The molecule has 0 bridgehead atoms. The van der Waals surface area contributed by atoms with Crippen molar-refractivity contribution in [1.82, 2.24) is 4.31 Å². The van der Waals surface area contributed by atoms with Crippen molar-refractivity contribution >= 4 is 33.2 Å². The zero-order chi connectivity index (χ0) is 15.6. The van der Waals surface area contributed by atoms with Crippen LogP contribution in [0.2, 0.25) is 10.0 Å². The second-order valence-electron chi connectivity index (χ2n) is 5.40. The number of nitrogens with zero attached hydrogens (tertiary/aromatic N) is 1. The van der Waals surface area contributed by atoms with Crippen LogP contribution >= 0.6 is 23.2 Å². The van der Waals surface area contributed by atoms with Gasteiger partial charge in [-0.3, -0.25) is 0 Å². The molecule has 0 heterocycles. The molecule has 2 N–H and O–H groups in total. The van der Waals surface area contributed by atoms with Gasteiger partial charge in [0.1, 0.15) is 0 Å². The molecule has 4 nitrogen and oxygen atoms in total. The molecule has 0 amide bonds. The third-order valence-electron chi connectivity index (χ3n) is 2.98. The summed E-state index contributed by atoms with van der Waals surface area (Å²) in [6.07, 6.45) is 0. The maximum absolute atomic E-state index is 12.6. The highest BCUT2D eigenvalue weighted by Gasteiger charge is 2.29. The third-order valence-corrected chi connectivity index (χ3v) is 5.32. The van der Waals surface area contributed by atoms with Crippen molar-refractivity contribution in [1.29, 1.82) is 0 Å². The van der Waals surface area contributed by atoms with Crippen LogP contribution in [0.1, 0.15) is 20.8 Å². The molecule has 0 atom stereocenters. The van der Waals surface area contributed by atoms with E-state index < -0.39 is 10.0 Å². The molecule has 20 heavy (non-hydrogen) atoms. The van der Waals surface area contributed by atoms with Crippen molar-refractivity contribution < 1.29 is 8.42 Å². The summed E-state index contributed by atoms with van der Waals surface area (Å²) < 4.78 is 26.6.